The number of aryl methyl sites for hydroxylation is 1. The summed E-state index contributed by atoms with van der Waals surface area (Å²) in [5.74, 6) is 1.01. The summed E-state index contributed by atoms with van der Waals surface area (Å²) >= 11 is 0. The van der Waals surface area contributed by atoms with E-state index in [9.17, 15) is 4.79 Å². The number of nitrogens with two attached hydrogens (primary N) is 1. The molecule has 0 aromatic carbocycles. The Kier molecular flexibility index (Phi) is 4.52. The molecule has 1 atom stereocenters. The number of amides is 1. The molecule has 1 aliphatic carbocycles. The number of hydrogen-bond acceptors (Lipinski definition) is 4. The lowest BCUT2D eigenvalue weighted by molar-refractivity contribution is 0.0945. The van der Waals surface area contributed by atoms with Crippen LogP contribution in [0.1, 0.15) is 43.6 Å². The zero-order chi connectivity index (χ0) is 13.8. The lowest BCUT2D eigenvalue weighted by Crippen LogP contribution is -2.38. The number of nitrogens with one attached hydrogen (secondary N) is 1. The van der Waals surface area contributed by atoms with Crippen molar-refractivity contribution in [3.05, 3.63) is 11.9 Å². The molecule has 1 heterocycles. The maximum Gasteiger partial charge on any atom is 0.273 e. The average Bonchev–Trinajstić information content (AvgIpc) is 3.12. The van der Waals surface area contributed by atoms with Crippen LogP contribution in [0.3, 0.4) is 0 Å². The van der Waals surface area contributed by atoms with Crippen LogP contribution in [0, 0.1) is 11.8 Å². The third-order valence-electron chi connectivity index (χ3n) is 3.43. The third-order valence-corrected chi connectivity index (χ3v) is 3.43. The molecule has 6 heteroatoms. The second-order valence-corrected chi connectivity index (χ2v) is 5.76. The summed E-state index contributed by atoms with van der Waals surface area (Å²) in [7, 11) is 0. The van der Waals surface area contributed by atoms with Crippen molar-refractivity contribution in [2.24, 2.45) is 17.6 Å². The quantitative estimate of drug-likeness (QED) is 0.763. The van der Waals surface area contributed by atoms with Gasteiger partial charge in [-0.05, 0) is 31.1 Å². The zero-order valence-electron chi connectivity index (χ0n) is 11.7. The number of nitrogens with zero attached hydrogens (tertiary/aromatic N) is 3. The molecule has 1 aromatic heterocycles. The Labute approximate surface area is 113 Å². The van der Waals surface area contributed by atoms with Gasteiger partial charge in [0.05, 0.1) is 6.20 Å². The number of carbonyl (C=O) groups is 1. The smallest absolute Gasteiger partial charge is 0.273 e. The molecule has 0 aliphatic heterocycles. The van der Waals surface area contributed by atoms with Crippen LogP contribution in [0.4, 0.5) is 0 Å². The van der Waals surface area contributed by atoms with E-state index in [-0.39, 0.29) is 11.9 Å². The van der Waals surface area contributed by atoms with Gasteiger partial charge in [0, 0.05) is 19.1 Å². The van der Waals surface area contributed by atoms with Crippen molar-refractivity contribution in [2.75, 3.05) is 6.54 Å². The number of aromatic nitrogens is 3. The molecule has 1 aliphatic rings. The largest absolute Gasteiger partial charge is 0.349 e. The molecule has 2 rings (SSSR count). The number of rotatable bonds is 7. The molecular formula is C13H23N5O. The van der Waals surface area contributed by atoms with E-state index in [1.54, 1.807) is 10.9 Å². The Morgan fingerprint density at radius 1 is 1.58 bits per heavy atom. The fraction of sp³-hybridized carbons (Fsp3) is 0.769. The highest BCUT2D eigenvalue weighted by Gasteiger charge is 2.28. The van der Waals surface area contributed by atoms with Crippen molar-refractivity contribution in [1.82, 2.24) is 20.3 Å². The highest BCUT2D eigenvalue weighted by molar-refractivity contribution is 5.91. The van der Waals surface area contributed by atoms with E-state index < -0.39 is 0 Å². The van der Waals surface area contributed by atoms with Crippen LogP contribution in [-0.4, -0.2) is 33.5 Å². The Morgan fingerprint density at radius 3 is 2.95 bits per heavy atom. The van der Waals surface area contributed by atoms with Crippen molar-refractivity contribution in [3.8, 4) is 0 Å². The van der Waals surface area contributed by atoms with Crippen molar-refractivity contribution < 1.29 is 4.79 Å². The van der Waals surface area contributed by atoms with Crippen molar-refractivity contribution in [2.45, 2.75) is 45.7 Å². The van der Waals surface area contributed by atoms with Gasteiger partial charge in [-0.15, -0.1) is 5.10 Å². The fourth-order valence-corrected chi connectivity index (χ4v) is 1.89. The number of hydrogen-bond donors (Lipinski definition) is 2. The van der Waals surface area contributed by atoms with Crippen molar-refractivity contribution in [1.29, 1.82) is 0 Å². The Bertz CT molecular complexity index is 424. The molecule has 1 fully saturated rings. The van der Waals surface area contributed by atoms with Gasteiger partial charge in [-0.2, -0.15) is 0 Å². The topological polar surface area (TPSA) is 85.8 Å². The van der Waals surface area contributed by atoms with Crippen LogP contribution in [0.25, 0.3) is 0 Å². The molecule has 106 valence electrons. The molecule has 0 saturated heterocycles. The highest BCUT2D eigenvalue weighted by Crippen LogP contribution is 2.31. The van der Waals surface area contributed by atoms with E-state index >= 15 is 0 Å². The van der Waals surface area contributed by atoms with E-state index in [2.05, 4.69) is 29.5 Å². The lowest BCUT2D eigenvalue weighted by Gasteiger charge is -2.10. The summed E-state index contributed by atoms with van der Waals surface area (Å²) in [6, 6.07) is 0.0694. The Hall–Kier alpha value is -1.43. The molecule has 1 unspecified atom stereocenters. The SMILES string of the molecule is CC(C)CCn1cc(C(=O)NCC(N)C2CC2)nn1. The standard InChI is InChI=1S/C13H23N5O/c1-9(2)5-6-18-8-12(16-17-18)13(19)15-7-11(14)10-3-4-10/h8-11H,3-7,14H2,1-2H3,(H,15,19). The van der Waals surface area contributed by atoms with E-state index in [1.165, 1.54) is 12.8 Å². The van der Waals surface area contributed by atoms with Gasteiger partial charge in [-0.3, -0.25) is 9.48 Å². The van der Waals surface area contributed by atoms with Crippen LogP contribution in [0.15, 0.2) is 6.20 Å². The van der Waals surface area contributed by atoms with Crippen molar-refractivity contribution in [3.63, 3.8) is 0 Å². The molecule has 0 radical (unpaired) electrons. The minimum atomic E-state index is -0.188. The maximum absolute atomic E-state index is 11.9. The van der Waals surface area contributed by atoms with Crippen LogP contribution in [0.2, 0.25) is 0 Å². The second-order valence-electron chi connectivity index (χ2n) is 5.76. The van der Waals surface area contributed by atoms with Crippen molar-refractivity contribution >= 4 is 5.91 Å². The molecule has 6 nitrogen and oxygen atoms in total. The molecule has 1 saturated carbocycles. The Balaban J connectivity index is 1.78. The van der Waals surface area contributed by atoms with Gasteiger partial charge in [-0.25, -0.2) is 0 Å². The summed E-state index contributed by atoms with van der Waals surface area (Å²) in [5.41, 5.74) is 6.30. The van der Waals surface area contributed by atoms with Gasteiger partial charge in [0.25, 0.3) is 5.91 Å². The third kappa shape index (κ3) is 4.31. The minimum Gasteiger partial charge on any atom is -0.349 e. The van der Waals surface area contributed by atoms with Gasteiger partial charge in [0.15, 0.2) is 5.69 Å². The average molecular weight is 265 g/mol. The van der Waals surface area contributed by atoms with Gasteiger partial charge < -0.3 is 11.1 Å². The first-order valence-corrected chi connectivity index (χ1v) is 7.00. The van der Waals surface area contributed by atoms with Crippen LogP contribution in [-0.2, 0) is 6.54 Å². The first-order valence-electron chi connectivity index (χ1n) is 7.00. The minimum absolute atomic E-state index is 0.0694. The van der Waals surface area contributed by atoms with Crippen LogP contribution >= 0.6 is 0 Å². The molecule has 1 aromatic rings. The van der Waals surface area contributed by atoms with E-state index in [1.807, 2.05) is 0 Å². The normalized spacial score (nSPS) is 16.6. The highest BCUT2D eigenvalue weighted by atomic mass is 16.2. The molecular weight excluding hydrogens is 242 g/mol. The molecule has 3 N–H and O–H groups in total. The van der Waals surface area contributed by atoms with Crippen LogP contribution < -0.4 is 11.1 Å². The van der Waals surface area contributed by atoms with E-state index in [4.69, 9.17) is 5.73 Å². The molecule has 0 spiro atoms. The molecule has 1 amide bonds. The number of carbonyl (C=O) groups excluding carboxylic acids is 1. The van der Waals surface area contributed by atoms with Gasteiger partial charge in [-0.1, -0.05) is 19.1 Å². The summed E-state index contributed by atoms with van der Waals surface area (Å²) < 4.78 is 1.72. The summed E-state index contributed by atoms with van der Waals surface area (Å²) in [4.78, 5) is 11.9. The fourth-order valence-electron chi connectivity index (χ4n) is 1.89. The summed E-state index contributed by atoms with van der Waals surface area (Å²) in [6.45, 7) is 5.62. The first-order chi connectivity index (χ1) is 9.06. The van der Waals surface area contributed by atoms with E-state index in [0.717, 1.165) is 13.0 Å². The Morgan fingerprint density at radius 2 is 2.32 bits per heavy atom. The first kappa shape index (κ1) is 14.0. The van der Waals surface area contributed by atoms with Gasteiger partial charge in [0.2, 0.25) is 0 Å². The monoisotopic (exact) mass is 265 g/mol. The summed E-state index contributed by atoms with van der Waals surface area (Å²) in [6.07, 6.45) is 5.09. The van der Waals surface area contributed by atoms with Gasteiger partial charge in [0.1, 0.15) is 0 Å². The molecule has 0 bridgehead atoms. The predicted octanol–water partition coefficient (Wildman–Crippen LogP) is 0.791. The predicted molar refractivity (Wildman–Crippen MR) is 72.5 cm³/mol. The van der Waals surface area contributed by atoms with Gasteiger partial charge >= 0.3 is 0 Å². The summed E-state index contributed by atoms with van der Waals surface area (Å²) in [5, 5.41) is 10.7. The zero-order valence-corrected chi connectivity index (χ0v) is 11.7. The lowest BCUT2D eigenvalue weighted by atomic mass is 10.1. The van der Waals surface area contributed by atoms with E-state index in [0.29, 0.717) is 24.1 Å². The maximum atomic E-state index is 11.9. The van der Waals surface area contributed by atoms with Crippen LogP contribution in [0.5, 0.6) is 0 Å². The second kappa shape index (κ2) is 6.14. The molecule has 19 heavy (non-hydrogen) atoms.